The summed E-state index contributed by atoms with van der Waals surface area (Å²) in [5.74, 6) is 1.17. The molecule has 0 bridgehead atoms. The Morgan fingerprint density at radius 1 is 1.26 bits per heavy atom. The smallest absolute Gasteiger partial charge is 0.245 e. The maximum absolute atomic E-state index is 5.94. The average molecular weight is 255 g/mol. The maximum Gasteiger partial charge on any atom is 0.245 e. The number of aromatic nitrogens is 3. The van der Waals surface area contributed by atoms with Gasteiger partial charge in [-0.25, -0.2) is 0 Å². The Bertz CT molecular complexity index is 722. The molecule has 6 heteroatoms. The minimum absolute atomic E-state index is 0.467. The topological polar surface area (TPSA) is 89.9 Å². The van der Waals surface area contributed by atoms with E-state index in [1.165, 1.54) is 0 Å². The van der Waals surface area contributed by atoms with Gasteiger partial charge in [-0.05, 0) is 25.1 Å². The second-order valence-electron chi connectivity index (χ2n) is 4.21. The fraction of sp³-hybridized carbons (Fsp3) is 0.154. The van der Waals surface area contributed by atoms with Crippen LogP contribution < -0.4 is 11.1 Å². The molecule has 0 aliphatic heterocycles. The number of aryl methyl sites for hydroxylation is 1. The second-order valence-corrected chi connectivity index (χ2v) is 4.21. The first-order chi connectivity index (χ1) is 9.24. The van der Waals surface area contributed by atoms with Gasteiger partial charge in [-0.3, -0.25) is 4.98 Å². The van der Waals surface area contributed by atoms with Gasteiger partial charge in [0, 0.05) is 34.5 Å². The van der Waals surface area contributed by atoms with Crippen LogP contribution >= 0.6 is 0 Å². The van der Waals surface area contributed by atoms with Gasteiger partial charge >= 0.3 is 0 Å². The van der Waals surface area contributed by atoms with Gasteiger partial charge < -0.3 is 15.6 Å². The number of pyridine rings is 1. The minimum Gasteiger partial charge on any atom is -0.398 e. The summed E-state index contributed by atoms with van der Waals surface area (Å²) in [7, 11) is 0. The largest absolute Gasteiger partial charge is 0.398 e. The molecule has 96 valence electrons. The SMILES string of the molecule is Cc1noc(CNc2ccc(N)c3ccncc23)n1. The van der Waals surface area contributed by atoms with Crippen LogP contribution in [0.25, 0.3) is 10.8 Å². The van der Waals surface area contributed by atoms with Crippen molar-refractivity contribution in [3.63, 3.8) is 0 Å². The predicted octanol–water partition coefficient (Wildman–Crippen LogP) is 2.12. The van der Waals surface area contributed by atoms with Crippen molar-refractivity contribution in [2.75, 3.05) is 11.1 Å². The molecule has 0 amide bonds. The number of nitrogens with zero attached hydrogens (tertiary/aromatic N) is 3. The monoisotopic (exact) mass is 255 g/mol. The van der Waals surface area contributed by atoms with Crippen LogP contribution in [0.4, 0.5) is 11.4 Å². The molecular formula is C13H13N5O. The van der Waals surface area contributed by atoms with Crippen LogP contribution in [0, 0.1) is 6.92 Å². The third kappa shape index (κ3) is 2.20. The Balaban J connectivity index is 1.91. The zero-order valence-electron chi connectivity index (χ0n) is 10.4. The van der Waals surface area contributed by atoms with Gasteiger partial charge in [0.2, 0.25) is 5.89 Å². The molecule has 0 fully saturated rings. The van der Waals surface area contributed by atoms with Crippen LogP contribution in [-0.4, -0.2) is 15.1 Å². The molecule has 1 aromatic carbocycles. The number of hydrogen-bond acceptors (Lipinski definition) is 6. The molecule has 19 heavy (non-hydrogen) atoms. The van der Waals surface area contributed by atoms with Crippen molar-refractivity contribution in [2.45, 2.75) is 13.5 Å². The van der Waals surface area contributed by atoms with Gasteiger partial charge in [-0.1, -0.05) is 5.16 Å². The molecule has 0 unspecified atom stereocenters. The van der Waals surface area contributed by atoms with Gasteiger partial charge in [0.05, 0.1) is 6.54 Å². The average Bonchev–Trinajstić information content (AvgIpc) is 2.84. The van der Waals surface area contributed by atoms with Crippen molar-refractivity contribution >= 4 is 22.1 Å². The first-order valence-corrected chi connectivity index (χ1v) is 5.89. The Morgan fingerprint density at radius 2 is 2.16 bits per heavy atom. The Hall–Kier alpha value is -2.63. The highest BCUT2D eigenvalue weighted by Gasteiger charge is 2.06. The van der Waals surface area contributed by atoms with Crippen molar-refractivity contribution in [3.8, 4) is 0 Å². The quantitative estimate of drug-likeness (QED) is 0.697. The number of hydrogen-bond donors (Lipinski definition) is 2. The molecule has 0 spiro atoms. The Kier molecular flexibility index (Phi) is 2.75. The summed E-state index contributed by atoms with van der Waals surface area (Å²) < 4.78 is 5.06. The van der Waals surface area contributed by atoms with Crippen LogP contribution in [0.5, 0.6) is 0 Å². The summed E-state index contributed by atoms with van der Waals surface area (Å²) in [4.78, 5) is 8.27. The predicted molar refractivity (Wildman–Crippen MR) is 72.5 cm³/mol. The van der Waals surface area contributed by atoms with E-state index in [4.69, 9.17) is 10.3 Å². The molecule has 3 N–H and O–H groups in total. The molecule has 0 radical (unpaired) electrons. The van der Waals surface area contributed by atoms with E-state index in [0.29, 0.717) is 18.3 Å². The number of anilines is 2. The molecule has 0 aliphatic carbocycles. The normalized spacial score (nSPS) is 10.8. The number of nitrogens with two attached hydrogens (primary N) is 1. The van der Waals surface area contributed by atoms with Crippen LogP contribution in [0.2, 0.25) is 0 Å². The fourth-order valence-corrected chi connectivity index (χ4v) is 1.95. The lowest BCUT2D eigenvalue weighted by atomic mass is 10.1. The zero-order valence-corrected chi connectivity index (χ0v) is 10.4. The summed E-state index contributed by atoms with van der Waals surface area (Å²) in [6.07, 6.45) is 3.51. The first kappa shape index (κ1) is 11.5. The fourth-order valence-electron chi connectivity index (χ4n) is 1.95. The molecule has 0 aliphatic rings. The Labute approximate surface area is 109 Å². The van der Waals surface area contributed by atoms with Gasteiger partial charge in [0.15, 0.2) is 5.82 Å². The lowest BCUT2D eigenvalue weighted by Crippen LogP contribution is -2.01. The van der Waals surface area contributed by atoms with E-state index in [-0.39, 0.29) is 0 Å². The molecule has 0 saturated carbocycles. The van der Waals surface area contributed by atoms with Crippen molar-refractivity contribution in [1.29, 1.82) is 0 Å². The molecule has 3 aromatic rings. The number of fused-ring (bicyclic) bond motifs is 1. The Morgan fingerprint density at radius 3 is 2.95 bits per heavy atom. The van der Waals surface area contributed by atoms with Crippen LogP contribution in [0.3, 0.4) is 0 Å². The highest BCUT2D eigenvalue weighted by molar-refractivity contribution is 6.00. The van der Waals surface area contributed by atoms with E-state index in [9.17, 15) is 0 Å². The van der Waals surface area contributed by atoms with E-state index in [0.717, 1.165) is 22.1 Å². The van der Waals surface area contributed by atoms with Gasteiger partial charge in [0.1, 0.15) is 0 Å². The summed E-state index contributed by atoms with van der Waals surface area (Å²) in [5, 5.41) is 8.94. The third-order valence-corrected chi connectivity index (χ3v) is 2.85. The lowest BCUT2D eigenvalue weighted by molar-refractivity contribution is 0.379. The summed E-state index contributed by atoms with van der Waals surface area (Å²) in [6, 6.07) is 5.68. The lowest BCUT2D eigenvalue weighted by Gasteiger charge is -2.09. The van der Waals surface area contributed by atoms with E-state index in [1.54, 1.807) is 19.3 Å². The van der Waals surface area contributed by atoms with Gasteiger partial charge in [-0.15, -0.1) is 0 Å². The van der Waals surface area contributed by atoms with E-state index >= 15 is 0 Å². The summed E-state index contributed by atoms with van der Waals surface area (Å²) in [5.41, 5.74) is 7.61. The van der Waals surface area contributed by atoms with Crippen molar-refractivity contribution in [1.82, 2.24) is 15.1 Å². The minimum atomic E-state index is 0.467. The van der Waals surface area contributed by atoms with E-state index in [1.807, 2.05) is 18.2 Å². The third-order valence-electron chi connectivity index (χ3n) is 2.85. The molecule has 2 aromatic heterocycles. The van der Waals surface area contributed by atoms with Crippen molar-refractivity contribution < 1.29 is 4.52 Å². The molecule has 3 rings (SSSR count). The standard InChI is InChI=1S/C13H13N5O/c1-8-17-13(19-18-8)7-16-12-3-2-11(14)9-4-5-15-6-10(9)12/h2-6,16H,7,14H2,1H3. The van der Waals surface area contributed by atoms with E-state index < -0.39 is 0 Å². The second kappa shape index (κ2) is 4.56. The molecule has 6 nitrogen and oxygen atoms in total. The highest BCUT2D eigenvalue weighted by atomic mass is 16.5. The number of nitrogens with one attached hydrogen (secondary N) is 1. The molecule has 0 atom stereocenters. The zero-order chi connectivity index (χ0) is 13.2. The maximum atomic E-state index is 5.94. The van der Waals surface area contributed by atoms with Crippen LogP contribution in [-0.2, 0) is 6.54 Å². The van der Waals surface area contributed by atoms with Crippen molar-refractivity contribution in [2.24, 2.45) is 0 Å². The van der Waals surface area contributed by atoms with E-state index in [2.05, 4.69) is 20.4 Å². The first-order valence-electron chi connectivity index (χ1n) is 5.89. The van der Waals surface area contributed by atoms with Crippen LogP contribution in [0.15, 0.2) is 35.1 Å². The number of nitrogen functional groups attached to an aromatic ring is 1. The summed E-state index contributed by atoms with van der Waals surface area (Å²) >= 11 is 0. The molecule has 0 saturated heterocycles. The van der Waals surface area contributed by atoms with Crippen LogP contribution in [0.1, 0.15) is 11.7 Å². The van der Waals surface area contributed by atoms with Crippen molar-refractivity contribution in [3.05, 3.63) is 42.3 Å². The van der Waals surface area contributed by atoms with Gasteiger partial charge in [-0.2, -0.15) is 4.98 Å². The van der Waals surface area contributed by atoms with Gasteiger partial charge in [0.25, 0.3) is 0 Å². The number of rotatable bonds is 3. The highest BCUT2D eigenvalue weighted by Crippen LogP contribution is 2.27. The molecular weight excluding hydrogens is 242 g/mol. The summed E-state index contributed by atoms with van der Waals surface area (Å²) in [6.45, 7) is 2.25. The number of benzene rings is 1. The molecule has 2 heterocycles.